The molecule has 58 valence electrons. The summed E-state index contributed by atoms with van der Waals surface area (Å²) >= 11 is 1.41. The number of benzene rings is 1. The summed E-state index contributed by atoms with van der Waals surface area (Å²) in [5.74, 6) is 0. The Bertz CT molecular complexity index is 433. The average molecular weight is 176 g/mol. The Labute approximate surface area is 72.7 Å². The van der Waals surface area contributed by atoms with Crippen LogP contribution in [-0.2, 0) is 0 Å². The van der Waals surface area contributed by atoms with Crippen LogP contribution in [0.25, 0.3) is 15.2 Å². The Morgan fingerprint density at radius 2 is 2.25 bits per heavy atom. The van der Waals surface area contributed by atoms with Crippen molar-refractivity contribution in [3.63, 3.8) is 0 Å². The summed E-state index contributed by atoms with van der Waals surface area (Å²) in [5, 5.41) is 12.9. The zero-order valence-corrected chi connectivity index (χ0v) is 6.84. The summed E-state index contributed by atoms with van der Waals surface area (Å²) in [7, 11) is 0. The minimum absolute atomic E-state index is 0.534. The van der Waals surface area contributed by atoms with Crippen molar-refractivity contribution in [3.05, 3.63) is 39.5 Å². The van der Waals surface area contributed by atoms with Gasteiger partial charge in [-0.1, -0.05) is 23.5 Å². The van der Waals surface area contributed by atoms with Crippen molar-refractivity contribution in [1.82, 2.24) is 4.98 Å². The van der Waals surface area contributed by atoms with Gasteiger partial charge in [-0.2, -0.15) is 0 Å². The largest absolute Gasteiger partial charge is 0.498 e. The van der Waals surface area contributed by atoms with Gasteiger partial charge in [0.1, 0.15) is 0 Å². The van der Waals surface area contributed by atoms with E-state index in [2.05, 4.69) is 16.1 Å². The molecule has 0 unspecified atom stereocenters. The van der Waals surface area contributed by atoms with Crippen molar-refractivity contribution < 1.29 is 0 Å². The third-order valence-electron chi connectivity index (χ3n) is 1.44. The molecule has 0 bridgehead atoms. The smallest absolute Gasteiger partial charge is 0.368 e. The van der Waals surface area contributed by atoms with Crippen molar-refractivity contribution in [2.75, 3.05) is 0 Å². The summed E-state index contributed by atoms with van der Waals surface area (Å²) in [4.78, 5) is 4.12. The molecule has 0 amide bonds. The van der Waals surface area contributed by atoms with Crippen molar-refractivity contribution in [1.29, 1.82) is 0 Å². The van der Waals surface area contributed by atoms with E-state index < -0.39 is 0 Å². The van der Waals surface area contributed by atoms with Crippen LogP contribution in [-0.4, -0.2) is 4.98 Å². The molecule has 0 N–H and O–H groups in total. The molecule has 0 fully saturated rings. The van der Waals surface area contributed by atoms with Crippen molar-refractivity contribution in [3.8, 4) is 6.07 Å². The monoisotopic (exact) mass is 176 g/mol. The minimum atomic E-state index is 0.534. The molecule has 1 aromatic heterocycles. The fourth-order valence-corrected chi connectivity index (χ4v) is 1.76. The first-order chi connectivity index (χ1) is 5.90. The number of aromatic nitrogens is 1. The van der Waals surface area contributed by atoms with Crippen LogP contribution in [0.2, 0.25) is 0 Å². The van der Waals surface area contributed by atoms with E-state index in [-0.39, 0.29) is 0 Å². The van der Waals surface area contributed by atoms with Crippen LogP contribution in [0, 0.1) is 11.3 Å². The molecule has 3 nitrogen and oxygen atoms in total. The highest BCUT2D eigenvalue weighted by atomic mass is 32.1. The third-order valence-corrected chi connectivity index (χ3v) is 2.38. The molecular weight excluding hydrogens is 172 g/mol. The maximum absolute atomic E-state index is 9.86. The van der Waals surface area contributed by atoms with E-state index in [1.807, 2.05) is 24.3 Å². The highest BCUT2D eigenvalue weighted by Gasteiger charge is 2.03. The fraction of sp³-hybridized carbons (Fsp3) is 0. The number of rotatable bonds is 0. The summed E-state index contributed by atoms with van der Waals surface area (Å²) < 4.78 is 1.05. The van der Waals surface area contributed by atoms with Crippen LogP contribution in [0.3, 0.4) is 0 Å². The number of hydrogen-bond acceptors (Lipinski definition) is 3. The molecule has 0 spiro atoms. The molecular formula is C8H4N2OS. The Morgan fingerprint density at radius 1 is 1.42 bits per heavy atom. The van der Waals surface area contributed by atoms with Crippen molar-refractivity contribution >= 4 is 21.6 Å². The Kier molecular flexibility index (Phi) is 1.65. The van der Waals surface area contributed by atoms with Crippen LogP contribution in [0.5, 0.6) is 0 Å². The quantitative estimate of drug-likeness (QED) is 0.578. The first-order valence-corrected chi connectivity index (χ1v) is 4.16. The third kappa shape index (κ3) is 1.11. The van der Waals surface area contributed by atoms with Crippen LogP contribution in [0.4, 0.5) is 0 Å². The Morgan fingerprint density at radius 3 is 3.00 bits per heavy atom. The molecule has 0 aliphatic heterocycles. The highest BCUT2D eigenvalue weighted by Crippen LogP contribution is 2.20. The maximum Gasteiger partial charge on any atom is 0.368 e. The van der Waals surface area contributed by atoms with Crippen LogP contribution >= 0.6 is 11.3 Å². The summed E-state index contributed by atoms with van der Waals surface area (Å²) in [6.45, 7) is 0. The van der Waals surface area contributed by atoms with Crippen molar-refractivity contribution in [2.24, 2.45) is 0 Å². The van der Waals surface area contributed by atoms with Gasteiger partial charge >= 0.3 is 6.07 Å². The highest BCUT2D eigenvalue weighted by molar-refractivity contribution is 7.19. The molecule has 0 aliphatic rings. The molecule has 1 heterocycles. The van der Waals surface area contributed by atoms with Gasteiger partial charge in [0, 0.05) is 5.01 Å². The summed E-state index contributed by atoms with van der Waals surface area (Å²) in [6, 6.07) is 9.94. The van der Waals surface area contributed by atoms with Gasteiger partial charge in [0.05, 0.1) is 10.2 Å². The SMILES string of the molecule is [O-][N+]#Cc1nc2ccccc2s1. The van der Waals surface area contributed by atoms with Crippen LogP contribution in [0.15, 0.2) is 24.3 Å². The Balaban J connectivity index is 2.67. The summed E-state index contributed by atoms with van der Waals surface area (Å²) in [5.41, 5.74) is 0.883. The molecule has 2 aromatic rings. The average Bonchev–Trinajstić information content (AvgIpc) is 2.47. The number of hydrogen-bond donors (Lipinski definition) is 0. The molecule has 0 saturated heterocycles. The van der Waals surface area contributed by atoms with Gasteiger partial charge in [-0.3, -0.25) is 0 Å². The topological polar surface area (TPSA) is 40.3 Å². The van der Waals surface area contributed by atoms with Gasteiger partial charge in [-0.05, 0) is 12.1 Å². The number of nitrogens with zero attached hydrogens (tertiary/aromatic N) is 2. The second-order valence-electron chi connectivity index (χ2n) is 2.19. The van der Waals surface area contributed by atoms with Gasteiger partial charge in [-0.25, -0.2) is 4.98 Å². The van der Waals surface area contributed by atoms with E-state index in [1.165, 1.54) is 11.3 Å². The number of para-hydroxylation sites is 1. The lowest BCUT2D eigenvalue weighted by molar-refractivity contribution is 1.45. The standard InChI is InChI=1S/C8H4N2OS/c11-9-5-8-10-6-3-1-2-4-7(6)12-8/h1-4H. The van der Waals surface area contributed by atoms with Crippen LogP contribution < -0.4 is 0 Å². The molecule has 4 heteroatoms. The van der Waals surface area contributed by atoms with Gasteiger partial charge in [0.2, 0.25) is 5.01 Å². The predicted molar refractivity (Wildman–Crippen MR) is 49.3 cm³/mol. The normalized spacial score (nSPS) is 9.33. The summed E-state index contributed by atoms with van der Waals surface area (Å²) in [6.07, 6.45) is 0. The molecule has 12 heavy (non-hydrogen) atoms. The molecule has 0 radical (unpaired) electrons. The van der Waals surface area contributed by atoms with Crippen LogP contribution in [0.1, 0.15) is 5.01 Å². The lowest BCUT2D eigenvalue weighted by Crippen LogP contribution is -1.67. The van der Waals surface area contributed by atoms with Gasteiger partial charge in [-0.15, -0.1) is 0 Å². The Hall–Kier alpha value is -1.60. The first kappa shape index (κ1) is 7.07. The zero-order valence-electron chi connectivity index (χ0n) is 6.02. The minimum Gasteiger partial charge on any atom is -0.498 e. The molecule has 0 atom stereocenters. The molecule has 0 saturated carbocycles. The second kappa shape index (κ2) is 2.80. The fourth-order valence-electron chi connectivity index (χ4n) is 0.959. The first-order valence-electron chi connectivity index (χ1n) is 3.34. The van der Waals surface area contributed by atoms with E-state index >= 15 is 0 Å². The van der Waals surface area contributed by atoms with E-state index in [0.717, 1.165) is 10.2 Å². The maximum atomic E-state index is 9.86. The lowest BCUT2D eigenvalue weighted by atomic mass is 10.3. The second-order valence-corrected chi connectivity index (χ2v) is 3.22. The van der Waals surface area contributed by atoms with E-state index in [1.54, 1.807) is 0 Å². The van der Waals surface area contributed by atoms with E-state index in [4.69, 9.17) is 0 Å². The van der Waals surface area contributed by atoms with Gasteiger partial charge in [0.15, 0.2) is 0 Å². The van der Waals surface area contributed by atoms with E-state index in [0.29, 0.717) is 5.01 Å². The zero-order chi connectivity index (χ0) is 8.39. The van der Waals surface area contributed by atoms with Gasteiger partial charge in [0.25, 0.3) is 0 Å². The molecule has 2 rings (SSSR count). The number of thiazole rings is 1. The van der Waals surface area contributed by atoms with Gasteiger partial charge < -0.3 is 5.21 Å². The predicted octanol–water partition coefficient (Wildman–Crippen LogP) is 2.48. The lowest BCUT2D eigenvalue weighted by Gasteiger charge is -1.80. The van der Waals surface area contributed by atoms with Crippen molar-refractivity contribution in [2.45, 2.75) is 0 Å². The van der Waals surface area contributed by atoms with E-state index in [9.17, 15) is 5.21 Å². The molecule has 0 aliphatic carbocycles. The molecule has 1 aromatic carbocycles. The number of fused-ring (bicyclic) bond motifs is 1.